The summed E-state index contributed by atoms with van der Waals surface area (Å²) in [6.45, 7) is 10.0. The third-order valence-corrected chi connectivity index (χ3v) is 8.90. The van der Waals surface area contributed by atoms with Gasteiger partial charge < -0.3 is 5.11 Å². The molecule has 0 aromatic carbocycles. The molecule has 4 rings (SSSR count). The quantitative estimate of drug-likeness (QED) is 0.652. The number of rotatable bonds is 0. The average molecular weight is 290 g/mol. The van der Waals surface area contributed by atoms with Crippen molar-refractivity contribution in [1.29, 1.82) is 0 Å². The van der Waals surface area contributed by atoms with Crippen molar-refractivity contribution < 1.29 is 5.11 Å². The number of aliphatic hydroxyl groups is 1. The standard InChI is InChI=1S/C20H34O/c1-14-12-19-10-6-15-17(2,3)8-5-9-18(15,4)16(19)7-11-20(14,21)13-19/h14-16,21H,5-13H2,1-4H3/t14-,15+,16-,18+,19+,20-/m0/s1. The van der Waals surface area contributed by atoms with Gasteiger partial charge in [0.05, 0.1) is 5.60 Å². The molecular weight excluding hydrogens is 256 g/mol. The van der Waals surface area contributed by atoms with Crippen molar-refractivity contribution >= 4 is 0 Å². The molecule has 1 nitrogen and oxygen atoms in total. The van der Waals surface area contributed by atoms with Gasteiger partial charge in [-0.05, 0) is 85.4 Å². The Morgan fingerprint density at radius 2 is 1.62 bits per heavy atom. The SMILES string of the molecule is C[C@H]1C[C@@]23CC[C@@H]4C(C)(C)CCC[C@@]4(C)[C@@H]2CC[C@]1(O)C3. The molecule has 21 heavy (non-hydrogen) atoms. The molecule has 0 radical (unpaired) electrons. The smallest absolute Gasteiger partial charge is 0.0678 e. The largest absolute Gasteiger partial charge is 0.390 e. The molecular formula is C20H34O. The second-order valence-electron chi connectivity index (χ2n) is 10.3. The van der Waals surface area contributed by atoms with Crippen LogP contribution in [0.1, 0.15) is 85.5 Å². The molecule has 0 amide bonds. The van der Waals surface area contributed by atoms with E-state index in [4.69, 9.17) is 0 Å². The van der Waals surface area contributed by atoms with Crippen molar-refractivity contribution in [3.8, 4) is 0 Å². The lowest BCUT2D eigenvalue weighted by Crippen LogP contribution is -2.57. The van der Waals surface area contributed by atoms with Crippen LogP contribution in [0.5, 0.6) is 0 Å². The summed E-state index contributed by atoms with van der Waals surface area (Å²) in [5.74, 6) is 2.32. The van der Waals surface area contributed by atoms with E-state index in [9.17, 15) is 5.11 Å². The van der Waals surface area contributed by atoms with E-state index in [2.05, 4.69) is 27.7 Å². The zero-order valence-electron chi connectivity index (χ0n) is 14.5. The summed E-state index contributed by atoms with van der Waals surface area (Å²) in [5.41, 5.74) is 1.26. The first-order valence-corrected chi connectivity index (χ1v) is 9.44. The fourth-order valence-corrected chi connectivity index (χ4v) is 8.09. The number of hydrogen-bond acceptors (Lipinski definition) is 1. The van der Waals surface area contributed by atoms with Gasteiger partial charge in [-0.15, -0.1) is 0 Å². The Morgan fingerprint density at radius 1 is 0.905 bits per heavy atom. The van der Waals surface area contributed by atoms with Gasteiger partial charge in [0.2, 0.25) is 0 Å². The van der Waals surface area contributed by atoms with Crippen molar-refractivity contribution in [2.24, 2.45) is 34.0 Å². The average Bonchev–Trinajstić information content (AvgIpc) is 2.54. The molecule has 4 aliphatic carbocycles. The van der Waals surface area contributed by atoms with E-state index >= 15 is 0 Å². The van der Waals surface area contributed by atoms with E-state index in [1.54, 1.807) is 0 Å². The molecule has 6 atom stereocenters. The fraction of sp³-hybridized carbons (Fsp3) is 1.00. The number of hydrogen-bond donors (Lipinski definition) is 1. The Kier molecular flexibility index (Phi) is 2.82. The lowest BCUT2D eigenvalue weighted by Gasteiger charge is -2.64. The predicted molar refractivity (Wildman–Crippen MR) is 87.0 cm³/mol. The van der Waals surface area contributed by atoms with Crippen LogP contribution in [0.15, 0.2) is 0 Å². The van der Waals surface area contributed by atoms with E-state index in [0.29, 0.717) is 22.2 Å². The van der Waals surface area contributed by atoms with Crippen LogP contribution in [0.25, 0.3) is 0 Å². The topological polar surface area (TPSA) is 20.2 Å². The van der Waals surface area contributed by atoms with Gasteiger partial charge in [-0.3, -0.25) is 0 Å². The first-order valence-electron chi connectivity index (χ1n) is 9.44. The third kappa shape index (κ3) is 1.73. The first-order chi connectivity index (χ1) is 9.72. The van der Waals surface area contributed by atoms with Gasteiger partial charge in [0.1, 0.15) is 0 Å². The molecule has 0 saturated heterocycles. The minimum Gasteiger partial charge on any atom is -0.390 e. The summed E-state index contributed by atoms with van der Waals surface area (Å²) < 4.78 is 0. The Balaban J connectivity index is 1.73. The minimum absolute atomic E-state index is 0.316. The molecule has 1 spiro atoms. The third-order valence-electron chi connectivity index (χ3n) is 8.90. The first kappa shape index (κ1) is 14.5. The molecule has 1 heteroatoms. The molecule has 4 fully saturated rings. The van der Waals surface area contributed by atoms with Crippen LogP contribution in [-0.2, 0) is 0 Å². The maximum atomic E-state index is 11.0. The molecule has 120 valence electrons. The zero-order chi connectivity index (χ0) is 15.1. The van der Waals surface area contributed by atoms with Crippen molar-refractivity contribution in [1.82, 2.24) is 0 Å². The van der Waals surface area contributed by atoms with Gasteiger partial charge in [-0.1, -0.05) is 34.1 Å². The molecule has 0 heterocycles. The summed E-state index contributed by atoms with van der Waals surface area (Å²) in [5, 5.41) is 11.0. The zero-order valence-corrected chi connectivity index (χ0v) is 14.5. The van der Waals surface area contributed by atoms with Crippen molar-refractivity contribution in [3.05, 3.63) is 0 Å². The van der Waals surface area contributed by atoms with Crippen molar-refractivity contribution in [2.75, 3.05) is 0 Å². The van der Waals surface area contributed by atoms with E-state index < -0.39 is 0 Å². The van der Waals surface area contributed by atoms with Gasteiger partial charge in [-0.25, -0.2) is 0 Å². The molecule has 0 aromatic heterocycles. The highest BCUT2D eigenvalue weighted by atomic mass is 16.3. The van der Waals surface area contributed by atoms with Crippen molar-refractivity contribution in [2.45, 2.75) is 91.1 Å². The number of fused-ring (bicyclic) bond motifs is 3. The van der Waals surface area contributed by atoms with Crippen LogP contribution in [-0.4, -0.2) is 10.7 Å². The predicted octanol–water partition coefficient (Wildman–Crippen LogP) is 5.17. The van der Waals surface area contributed by atoms with Crippen LogP contribution in [0, 0.1) is 34.0 Å². The van der Waals surface area contributed by atoms with Crippen LogP contribution in [0.3, 0.4) is 0 Å². The van der Waals surface area contributed by atoms with Gasteiger partial charge in [0, 0.05) is 0 Å². The summed E-state index contributed by atoms with van der Waals surface area (Å²) in [7, 11) is 0. The highest BCUT2D eigenvalue weighted by molar-refractivity contribution is 5.16. The van der Waals surface area contributed by atoms with E-state index in [-0.39, 0.29) is 5.60 Å². The summed E-state index contributed by atoms with van der Waals surface area (Å²) in [4.78, 5) is 0. The Morgan fingerprint density at radius 3 is 2.38 bits per heavy atom. The maximum Gasteiger partial charge on any atom is 0.0678 e. The summed E-state index contributed by atoms with van der Waals surface area (Å²) in [6, 6.07) is 0. The van der Waals surface area contributed by atoms with Gasteiger partial charge in [0.25, 0.3) is 0 Å². The molecule has 4 saturated carbocycles. The van der Waals surface area contributed by atoms with Gasteiger partial charge in [-0.2, -0.15) is 0 Å². The maximum absolute atomic E-state index is 11.0. The fourth-order valence-electron chi connectivity index (χ4n) is 8.09. The lowest BCUT2D eigenvalue weighted by atomic mass is 9.41. The lowest BCUT2D eigenvalue weighted by molar-refractivity contribution is -0.161. The van der Waals surface area contributed by atoms with Crippen LogP contribution in [0.4, 0.5) is 0 Å². The van der Waals surface area contributed by atoms with Crippen LogP contribution >= 0.6 is 0 Å². The second kappa shape index (κ2) is 4.08. The monoisotopic (exact) mass is 290 g/mol. The Labute approximate surface area is 130 Å². The summed E-state index contributed by atoms with van der Waals surface area (Å²) in [6.07, 6.45) is 11.9. The highest BCUT2D eigenvalue weighted by Crippen LogP contribution is 2.72. The Hall–Kier alpha value is -0.0400. The Bertz CT molecular complexity index is 455. The van der Waals surface area contributed by atoms with Crippen molar-refractivity contribution in [3.63, 3.8) is 0 Å². The van der Waals surface area contributed by atoms with Gasteiger partial charge >= 0.3 is 0 Å². The molecule has 1 N–H and O–H groups in total. The van der Waals surface area contributed by atoms with E-state index in [1.807, 2.05) is 0 Å². The van der Waals surface area contributed by atoms with Crippen LogP contribution < -0.4 is 0 Å². The molecule has 0 unspecified atom stereocenters. The molecule has 4 aliphatic rings. The minimum atomic E-state index is -0.316. The van der Waals surface area contributed by atoms with Crippen LogP contribution in [0.2, 0.25) is 0 Å². The summed E-state index contributed by atoms with van der Waals surface area (Å²) >= 11 is 0. The molecule has 2 bridgehead atoms. The van der Waals surface area contributed by atoms with E-state index in [0.717, 1.165) is 24.7 Å². The second-order valence-corrected chi connectivity index (χ2v) is 10.3. The van der Waals surface area contributed by atoms with Gasteiger partial charge in [0.15, 0.2) is 0 Å². The highest BCUT2D eigenvalue weighted by Gasteiger charge is 2.66. The van der Waals surface area contributed by atoms with E-state index in [1.165, 1.54) is 44.9 Å². The molecule has 0 aromatic rings. The molecule has 0 aliphatic heterocycles. The normalized spacial score (nSPS) is 58.4.